The molecule has 0 unspecified atom stereocenters. The molecular weight excluding hydrogens is 276 g/mol. The highest BCUT2D eigenvalue weighted by molar-refractivity contribution is 5.94. The molecule has 2 aliphatic rings. The van der Waals surface area contributed by atoms with Gasteiger partial charge in [0.15, 0.2) is 11.4 Å². The predicted octanol–water partition coefficient (Wildman–Crippen LogP) is 2.47. The predicted molar refractivity (Wildman–Crippen MR) is 88.4 cm³/mol. The van der Waals surface area contributed by atoms with Crippen LogP contribution in [-0.2, 0) is 0 Å². The summed E-state index contributed by atoms with van der Waals surface area (Å²) in [5.41, 5.74) is 0.849. The second kappa shape index (κ2) is 5.67. The lowest BCUT2D eigenvalue weighted by Gasteiger charge is -2.35. The minimum atomic E-state index is 0.760. The zero-order valence-corrected chi connectivity index (χ0v) is 12.4. The van der Waals surface area contributed by atoms with Crippen LogP contribution in [0.3, 0.4) is 0 Å². The van der Waals surface area contributed by atoms with Crippen molar-refractivity contribution in [3.8, 4) is 0 Å². The summed E-state index contributed by atoms with van der Waals surface area (Å²) in [5.74, 6) is 2.03. The number of piperazine rings is 1. The minimum Gasteiger partial charge on any atom is -0.354 e. The number of allylic oxidation sites excluding steroid dienone is 2. The average Bonchev–Trinajstić information content (AvgIpc) is 2.81. The van der Waals surface area contributed by atoms with Crippen molar-refractivity contribution in [2.45, 2.75) is 0 Å². The molecule has 1 saturated heterocycles. The number of aromatic nitrogens is 1. The molecule has 1 aromatic heterocycles. The number of amidine groups is 1. The van der Waals surface area contributed by atoms with Gasteiger partial charge in [-0.25, -0.2) is 0 Å². The Labute approximate surface area is 129 Å². The summed E-state index contributed by atoms with van der Waals surface area (Å²) in [6, 6.07) is 8.02. The summed E-state index contributed by atoms with van der Waals surface area (Å²) in [4.78, 5) is 9.23. The van der Waals surface area contributed by atoms with Crippen LogP contribution in [0.4, 0.5) is 5.82 Å². The fourth-order valence-electron chi connectivity index (χ4n) is 2.93. The highest BCUT2D eigenvalue weighted by Gasteiger charge is 2.22. The first-order chi connectivity index (χ1) is 10.9. The normalized spacial score (nSPS) is 18.6. The smallest absolute Gasteiger partial charge is 0.180 e. The Balaban J connectivity index is 1.49. The second-order valence-electron chi connectivity index (χ2n) is 5.46. The van der Waals surface area contributed by atoms with Gasteiger partial charge in [-0.2, -0.15) is 0 Å². The number of hydrogen-bond acceptors (Lipinski definition) is 5. The summed E-state index contributed by atoms with van der Waals surface area (Å²) < 4.78 is 5.41. The molecule has 0 spiro atoms. The first kappa shape index (κ1) is 13.1. The van der Waals surface area contributed by atoms with Crippen LogP contribution in [0.25, 0.3) is 11.0 Å². The van der Waals surface area contributed by atoms with Crippen LogP contribution in [0, 0.1) is 0 Å². The van der Waals surface area contributed by atoms with E-state index in [9.17, 15) is 0 Å². The van der Waals surface area contributed by atoms with Crippen molar-refractivity contribution in [1.82, 2.24) is 10.1 Å². The lowest BCUT2D eigenvalue weighted by Crippen LogP contribution is -2.48. The van der Waals surface area contributed by atoms with Crippen LogP contribution in [0.1, 0.15) is 0 Å². The van der Waals surface area contributed by atoms with Crippen LogP contribution >= 0.6 is 0 Å². The zero-order chi connectivity index (χ0) is 14.8. The number of para-hydroxylation sites is 1. The number of nitrogens with zero attached hydrogens (tertiary/aromatic N) is 4. The van der Waals surface area contributed by atoms with E-state index in [1.807, 2.05) is 24.3 Å². The van der Waals surface area contributed by atoms with Gasteiger partial charge in [-0.3, -0.25) is 4.99 Å². The van der Waals surface area contributed by atoms with Gasteiger partial charge in [-0.1, -0.05) is 35.5 Å². The largest absolute Gasteiger partial charge is 0.354 e. The quantitative estimate of drug-likeness (QED) is 0.810. The van der Waals surface area contributed by atoms with Crippen LogP contribution in [0.5, 0.6) is 0 Å². The maximum atomic E-state index is 5.41. The third-order valence-corrected chi connectivity index (χ3v) is 4.11. The Morgan fingerprint density at radius 3 is 2.68 bits per heavy atom. The summed E-state index contributed by atoms with van der Waals surface area (Å²) >= 11 is 0. The van der Waals surface area contributed by atoms with E-state index >= 15 is 0 Å². The second-order valence-corrected chi connectivity index (χ2v) is 5.46. The number of aliphatic imine (C=N–C) groups is 1. The van der Waals surface area contributed by atoms with Crippen molar-refractivity contribution in [3.05, 3.63) is 48.6 Å². The van der Waals surface area contributed by atoms with Crippen molar-refractivity contribution < 1.29 is 4.52 Å². The van der Waals surface area contributed by atoms with Crippen molar-refractivity contribution >= 4 is 22.6 Å². The Bertz CT molecular complexity index is 751. The van der Waals surface area contributed by atoms with Crippen LogP contribution in [0.15, 0.2) is 58.1 Å². The molecule has 3 heterocycles. The van der Waals surface area contributed by atoms with Crippen molar-refractivity contribution in [3.63, 3.8) is 0 Å². The fraction of sp³-hybridized carbons (Fsp3) is 0.294. The number of hydrogen-bond donors (Lipinski definition) is 0. The van der Waals surface area contributed by atoms with Gasteiger partial charge in [-0.15, -0.1) is 0 Å². The molecular formula is C17H18N4O. The van der Waals surface area contributed by atoms with E-state index < -0.39 is 0 Å². The van der Waals surface area contributed by atoms with E-state index in [0.29, 0.717) is 0 Å². The van der Waals surface area contributed by atoms with Gasteiger partial charge < -0.3 is 14.3 Å². The number of rotatable bonds is 1. The third-order valence-electron chi connectivity index (χ3n) is 4.11. The Kier molecular flexibility index (Phi) is 3.39. The van der Waals surface area contributed by atoms with Gasteiger partial charge in [0.1, 0.15) is 5.84 Å². The molecule has 22 heavy (non-hydrogen) atoms. The highest BCUT2D eigenvalue weighted by atomic mass is 16.5. The number of fused-ring (bicyclic) bond motifs is 1. The fourth-order valence-corrected chi connectivity index (χ4v) is 2.93. The molecule has 2 aliphatic heterocycles. The van der Waals surface area contributed by atoms with Gasteiger partial charge in [-0.05, 0) is 18.2 Å². The van der Waals surface area contributed by atoms with Crippen molar-refractivity contribution in [2.75, 3.05) is 37.6 Å². The molecule has 1 fully saturated rings. The van der Waals surface area contributed by atoms with E-state index in [1.54, 1.807) is 0 Å². The molecule has 0 N–H and O–H groups in total. The summed E-state index contributed by atoms with van der Waals surface area (Å²) in [7, 11) is 0. The molecule has 2 aromatic rings. The van der Waals surface area contributed by atoms with Gasteiger partial charge >= 0.3 is 0 Å². The first-order valence-electron chi connectivity index (χ1n) is 7.64. The molecule has 0 atom stereocenters. The van der Waals surface area contributed by atoms with E-state index in [2.05, 4.69) is 44.2 Å². The Morgan fingerprint density at radius 2 is 1.77 bits per heavy atom. The van der Waals surface area contributed by atoms with Crippen LogP contribution in [-0.4, -0.2) is 48.6 Å². The molecule has 0 radical (unpaired) electrons. The van der Waals surface area contributed by atoms with Crippen LogP contribution in [0.2, 0.25) is 0 Å². The topological polar surface area (TPSA) is 44.9 Å². The summed E-state index contributed by atoms with van der Waals surface area (Å²) in [6.45, 7) is 4.51. The Morgan fingerprint density at radius 1 is 0.955 bits per heavy atom. The summed E-state index contributed by atoms with van der Waals surface area (Å²) in [6.07, 6.45) is 8.27. The lowest BCUT2D eigenvalue weighted by atomic mass is 10.2. The average molecular weight is 294 g/mol. The van der Waals surface area contributed by atoms with Crippen molar-refractivity contribution in [2.24, 2.45) is 4.99 Å². The number of benzene rings is 1. The molecule has 5 heteroatoms. The highest BCUT2D eigenvalue weighted by Crippen LogP contribution is 2.26. The molecule has 4 rings (SSSR count). The SMILES string of the molecule is C1=CCN=C(N2CCN(c3noc4ccccc34)CC2)C=C1. The molecule has 0 amide bonds. The molecule has 112 valence electrons. The third kappa shape index (κ3) is 2.39. The molecule has 0 aliphatic carbocycles. The molecule has 1 aromatic carbocycles. The summed E-state index contributed by atoms with van der Waals surface area (Å²) in [5, 5.41) is 5.34. The standard InChI is InChI=1S/C17H18N4O/c1-2-8-16(18-9-5-1)20-10-12-21(13-11-20)17-14-6-3-4-7-15(14)22-19-17/h1-8H,9-13H2. The Hall–Kier alpha value is -2.56. The minimum absolute atomic E-state index is 0.760. The van der Waals surface area contributed by atoms with E-state index in [-0.39, 0.29) is 0 Å². The van der Waals surface area contributed by atoms with Crippen molar-refractivity contribution in [1.29, 1.82) is 0 Å². The van der Waals surface area contributed by atoms with Gasteiger partial charge in [0.25, 0.3) is 0 Å². The van der Waals surface area contributed by atoms with E-state index in [0.717, 1.165) is 55.3 Å². The molecule has 0 bridgehead atoms. The molecule has 0 saturated carbocycles. The monoisotopic (exact) mass is 294 g/mol. The zero-order valence-electron chi connectivity index (χ0n) is 12.4. The van der Waals surface area contributed by atoms with Gasteiger partial charge in [0.2, 0.25) is 0 Å². The maximum Gasteiger partial charge on any atom is 0.180 e. The van der Waals surface area contributed by atoms with Gasteiger partial charge in [0.05, 0.1) is 11.9 Å². The first-order valence-corrected chi connectivity index (χ1v) is 7.64. The van der Waals surface area contributed by atoms with Gasteiger partial charge in [0, 0.05) is 26.2 Å². The maximum absolute atomic E-state index is 5.41. The van der Waals surface area contributed by atoms with Crippen LogP contribution < -0.4 is 4.90 Å². The molecule has 5 nitrogen and oxygen atoms in total. The lowest BCUT2D eigenvalue weighted by molar-refractivity contribution is 0.379. The van der Waals surface area contributed by atoms with E-state index in [4.69, 9.17) is 4.52 Å². The van der Waals surface area contributed by atoms with E-state index in [1.165, 1.54) is 0 Å². The number of anilines is 1.